The molecule has 0 saturated carbocycles. The van der Waals surface area contributed by atoms with Crippen molar-refractivity contribution in [2.45, 2.75) is 39.0 Å². The van der Waals surface area contributed by atoms with Gasteiger partial charge in [0.1, 0.15) is 5.75 Å². The molecule has 1 unspecified atom stereocenters. The average Bonchev–Trinajstić information content (AvgIpc) is 2.27. The minimum Gasteiger partial charge on any atom is -0.496 e. The maximum Gasteiger partial charge on any atom is 0.124 e. The number of methoxy groups -OCH3 is 1. The van der Waals surface area contributed by atoms with E-state index in [0.717, 1.165) is 17.2 Å². The quantitative estimate of drug-likeness (QED) is 0.865. The monoisotopic (exact) mass is 255 g/mol. The van der Waals surface area contributed by atoms with Crippen LogP contribution in [0.2, 0.25) is 5.02 Å². The van der Waals surface area contributed by atoms with Crippen LogP contribution in [0.4, 0.5) is 0 Å². The smallest absolute Gasteiger partial charge is 0.124 e. The van der Waals surface area contributed by atoms with Gasteiger partial charge in [-0.15, -0.1) is 0 Å². The first kappa shape index (κ1) is 14.3. The van der Waals surface area contributed by atoms with E-state index in [9.17, 15) is 0 Å². The number of hydrogen-bond donors (Lipinski definition) is 1. The summed E-state index contributed by atoms with van der Waals surface area (Å²) in [5.41, 5.74) is 8.14. The van der Waals surface area contributed by atoms with Crippen LogP contribution in [0.25, 0.3) is 0 Å². The van der Waals surface area contributed by atoms with Gasteiger partial charge in [-0.2, -0.15) is 0 Å². The highest BCUT2D eigenvalue weighted by molar-refractivity contribution is 6.30. The van der Waals surface area contributed by atoms with Gasteiger partial charge < -0.3 is 10.5 Å². The second-order valence-corrected chi connectivity index (χ2v) is 5.18. The van der Waals surface area contributed by atoms with E-state index in [0.29, 0.717) is 18.4 Å². The Hall–Kier alpha value is -0.730. The van der Waals surface area contributed by atoms with Gasteiger partial charge in [-0.3, -0.25) is 0 Å². The second kappa shape index (κ2) is 6.27. The normalized spacial score (nSPS) is 12.9. The number of hydrogen-bond acceptors (Lipinski definition) is 2. The lowest BCUT2D eigenvalue weighted by Crippen LogP contribution is -2.08. The molecule has 0 aliphatic rings. The zero-order valence-corrected chi connectivity index (χ0v) is 11.8. The Morgan fingerprint density at radius 1 is 1.29 bits per heavy atom. The van der Waals surface area contributed by atoms with Crippen LogP contribution < -0.4 is 10.5 Å². The van der Waals surface area contributed by atoms with E-state index in [2.05, 4.69) is 20.8 Å². The Morgan fingerprint density at radius 2 is 1.94 bits per heavy atom. The number of rotatable bonds is 5. The predicted molar refractivity (Wildman–Crippen MR) is 74.2 cm³/mol. The van der Waals surface area contributed by atoms with Crippen LogP contribution in [0, 0.1) is 0 Å². The molecule has 0 aromatic heterocycles. The molecule has 0 radical (unpaired) electrons. The summed E-state index contributed by atoms with van der Waals surface area (Å²) < 4.78 is 5.44. The summed E-state index contributed by atoms with van der Waals surface area (Å²) in [5, 5.41) is 0.727. The molecule has 0 fully saturated rings. The van der Waals surface area contributed by atoms with Crippen LogP contribution in [0.5, 0.6) is 5.75 Å². The van der Waals surface area contributed by atoms with Gasteiger partial charge in [0, 0.05) is 10.6 Å². The molecule has 0 aliphatic heterocycles. The molecule has 17 heavy (non-hydrogen) atoms. The number of halogens is 1. The third-order valence-corrected chi connectivity index (χ3v) is 3.28. The molecule has 0 bridgehead atoms. The van der Waals surface area contributed by atoms with Crippen molar-refractivity contribution in [2.75, 3.05) is 13.7 Å². The van der Waals surface area contributed by atoms with Crippen molar-refractivity contribution >= 4 is 11.6 Å². The first-order valence-electron chi connectivity index (χ1n) is 6.08. The van der Waals surface area contributed by atoms with Crippen LogP contribution in [0.3, 0.4) is 0 Å². The molecule has 2 nitrogen and oxygen atoms in total. The fraction of sp³-hybridized carbons (Fsp3) is 0.571. The Bertz CT molecular complexity index is 377. The van der Waals surface area contributed by atoms with Gasteiger partial charge in [0.25, 0.3) is 0 Å². The summed E-state index contributed by atoms with van der Waals surface area (Å²) >= 11 is 6.14. The fourth-order valence-electron chi connectivity index (χ4n) is 2.21. The van der Waals surface area contributed by atoms with Crippen LogP contribution in [-0.4, -0.2) is 13.7 Å². The maximum atomic E-state index is 6.14. The molecule has 1 aromatic rings. The molecule has 1 atom stereocenters. The van der Waals surface area contributed by atoms with Crippen molar-refractivity contribution in [3.8, 4) is 5.75 Å². The van der Waals surface area contributed by atoms with E-state index in [1.54, 1.807) is 7.11 Å². The molecule has 0 spiro atoms. The zero-order valence-electron chi connectivity index (χ0n) is 11.1. The highest BCUT2D eigenvalue weighted by Gasteiger charge is 2.18. The van der Waals surface area contributed by atoms with Gasteiger partial charge in [-0.1, -0.05) is 32.4 Å². The van der Waals surface area contributed by atoms with Gasteiger partial charge in [-0.05, 0) is 42.5 Å². The first-order chi connectivity index (χ1) is 8.01. The predicted octanol–water partition coefficient (Wildman–Crippen LogP) is 3.92. The Labute approximate surface area is 109 Å². The van der Waals surface area contributed by atoms with Gasteiger partial charge in [-0.25, -0.2) is 0 Å². The molecule has 1 aromatic carbocycles. The van der Waals surface area contributed by atoms with Crippen LogP contribution in [0.1, 0.15) is 50.2 Å². The largest absolute Gasteiger partial charge is 0.496 e. The third-order valence-electron chi connectivity index (χ3n) is 3.07. The molecule has 0 amide bonds. The molecule has 96 valence electrons. The fourth-order valence-corrected chi connectivity index (χ4v) is 2.43. The Morgan fingerprint density at radius 3 is 2.41 bits per heavy atom. The molecular formula is C14H22ClNO. The van der Waals surface area contributed by atoms with Crippen LogP contribution in [0.15, 0.2) is 12.1 Å². The molecule has 0 aliphatic carbocycles. The molecule has 0 heterocycles. The lowest BCUT2D eigenvalue weighted by molar-refractivity contribution is 0.406. The highest BCUT2D eigenvalue weighted by Crippen LogP contribution is 2.37. The molecule has 0 saturated heterocycles. The number of nitrogens with two attached hydrogens (primary N) is 1. The van der Waals surface area contributed by atoms with Crippen molar-refractivity contribution < 1.29 is 4.74 Å². The summed E-state index contributed by atoms with van der Waals surface area (Å²) in [6.45, 7) is 7.21. The van der Waals surface area contributed by atoms with E-state index >= 15 is 0 Å². The van der Waals surface area contributed by atoms with Crippen molar-refractivity contribution in [2.24, 2.45) is 5.73 Å². The van der Waals surface area contributed by atoms with E-state index in [4.69, 9.17) is 22.1 Å². The van der Waals surface area contributed by atoms with Crippen molar-refractivity contribution in [1.82, 2.24) is 0 Å². The summed E-state index contributed by atoms with van der Waals surface area (Å²) in [4.78, 5) is 0. The van der Waals surface area contributed by atoms with E-state index < -0.39 is 0 Å². The van der Waals surface area contributed by atoms with Crippen molar-refractivity contribution in [3.05, 3.63) is 28.3 Å². The lowest BCUT2D eigenvalue weighted by Gasteiger charge is -2.21. The summed E-state index contributed by atoms with van der Waals surface area (Å²) in [6.07, 6.45) is 0.962. The van der Waals surface area contributed by atoms with Gasteiger partial charge in [0.05, 0.1) is 7.11 Å². The van der Waals surface area contributed by atoms with E-state index in [1.165, 1.54) is 11.1 Å². The SMILES string of the molecule is COc1cc(Cl)cc(C(C)CCN)c1C(C)C. The van der Waals surface area contributed by atoms with Crippen molar-refractivity contribution in [3.63, 3.8) is 0 Å². The summed E-state index contributed by atoms with van der Waals surface area (Å²) in [7, 11) is 1.69. The second-order valence-electron chi connectivity index (χ2n) is 4.74. The lowest BCUT2D eigenvalue weighted by atomic mass is 9.87. The minimum atomic E-state index is 0.407. The first-order valence-corrected chi connectivity index (χ1v) is 6.46. The topological polar surface area (TPSA) is 35.2 Å². The van der Waals surface area contributed by atoms with Gasteiger partial charge in [0.15, 0.2) is 0 Å². The Balaban J connectivity index is 3.29. The van der Waals surface area contributed by atoms with E-state index in [1.807, 2.05) is 12.1 Å². The summed E-state index contributed by atoms with van der Waals surface area (Å²) in [5.74, 6) is 1.70. The Kier molecular flexibility index (Phi) is 5.29. The average molecular weight is 256 g/mol. The molecule has 2 N–H and O–H groups in total. The standard InChI is InChI=1S/C14H22ClNO/c1-9(2)14-12(10(3)5-6-16)7-11(15)8-13(14)17-4/h7-10H,5-6,16H2,1-4H3. The molecule has 3 heteroatoms. The van der Waals surface area contributed by atoms with Crippen LogP contribution >= 0.6 is 11.6 Å². The highest BCUT2D eigenvalue weighted by atomic mass is 35.5. The van der Waals surface area contributed by atoms with Crippen LogP contribution in [-0.2, 0) is 0 Å². The third kappa shape index (κ3) is 3.36. The van der Waals surface area contributed by atoms with Crippen molar-refractivity contribution in [1.29, 1.82) is 0 Å². The molecule has 1 rings (SSSR count). The number of benzene rings is 1. The van der Waals surface area contributed by atoms with E-state index in [-0.39, 0.29) is 0 Å². The zero-order chi connectivity index (χ0) is 13.0. The number of ether oxygens (including phenoxy) is 1. The summed E-state index contributed by atoms with van der Waals surface area (Å²) in [6, 6.07) is 3.93. The minimum absolute atomic E-state index is 0.407. The van der Waals surface area contributed by atoms with Gasteiger partial charge in [0.2, 0.25) is 0 Å². The maximum absolute atomic E-state index is 6.14. The van der Waals surface area contributed by atoms with Gasteiger partial charge >= 0.3 is 0 Å². The molecular weight excluding hydrogens is 234 g/mol.